The average Bonchev–Trinajstić information content (AvgIpc) is 3.52. The van der Waals surface area contributed by atoms with Crippen LogP contribution in [0.3, 0.4) is 0 Å². The van der Waals surface area contributed by atoms with E-state index in [2.05, 4.69) is 15.3 Å². The largest absolute Gasteiger partial charge is 0.352 e. The molecule has 0 radical (unpaired) electrons. The first-order valence-corrected chi connectivity index (χ1v) is 11.3. The molecule has 2 aromatic carbocycles. The van der Waals surface area contributed by atoms with Crippen molar-refractivity contribution in [3.05, 3.63) is 78.5 Å². The van der Waals surface area contributed by atoms with Gasteiger partial charge in [-0.2, -0.15) is 5.10 Å². The molecule has 5 rings (SSSR count). The van der Waals surface area contributed by atoms with Gasteiger partial charge >= 0.3 is 0 Å². The summed E-state index contributed by atoms with van der Waals surface area (Å²) in [4.78, 5) is 20.3. The number of nitrogens with one attached hydrogen (secondary N) is 1. The molecule has 0 unspecified atom stereocenters. The predicted molar refractivity (Wildman–Crippen MR) is 126 cm³/mol. The maximum absolute atomic E-state index is 13.0. The van der Waals surface area contributed by atoms with Crippen LogP contribution in [0, 0.1) is 0 Å². The lowest BCUT2D eigenvalue weighted by Crippen LogP contribution is -2.28. The lowest BCUT2D eigenvalue weighted by molar-refractivity contribution is 0.0953. The molecule has 162 valence electrons. The van der Waals surface area contributed by atoms with Gasteiger partial charge in [-0.05, 0) is 45.0 Å². The number of fused-ring (bicyclic) bond motifs is 1. The van der Waals surface area contributed by atoms with E-state index in [9.17, 15) is 4.79 Å². The van der Waals surface area contributed by atoms with Gasteiger partial charge in [0.05, 0.1) is 17.6 Å². The fourth-order valence-corrected chi connectivity index (χ4v) is 4.30. The van der Waals surface area contributed by atoms with Crippen molar-refractivity contribution in [3.8, 4) is 22.5 Å². The molecule has 1 amide bonds. The SMILES string of the molecule is O=C(NCCCN1CCCC1)c1cnn2c(-c3ccccc3)cc(-c3ccccc3)nc12. The Morgan fingerprint density at radius 1 is 0.938 bits per heavy atom. The van der Waals surface area contributed by atoms with Crippen LogP contribution >= 0.6 is 0 Å². The highest BCUT2D eigenvalue weighted by Gasteiger charge is 2.18. The number of nitrogens with zero attached hydrogens (tertiary/aromatic N) is 4. The summed E-state index contributed by atoms with van der Waals surface area (Å²) in [6, 6.07) is 22.1. The zero-order valence-electron chi connectivity index (χ0n) is 18.1. The minimum atomic E-state index is -0.127. The standard InChI is InChI=1S/C26H27N5O/c32-26(27-14-9-17-30-15-7-8-16-30)22-19-28-31-24(21-12-5-2-6-13-21)18-23(29-25(22)31)20-10-3-1-4-11-20/h1-6,10-13,18-19H,7-9,14-17H2,(H,27,32). The van der Waals surface area contributed by atoms with Gasteiger partial charge < -0.3 is 10.2 Å². The van der Waals surface area contributed by atoms with E-state index >= 15 is 0 Å². The van der Waals surface area contributed by atoms with E-state index in [0.29, 0.717) is 17.8 Å². The second-order valence-corrected chi connectivity index (χ2v) is 8.21. The third kappa shape index (κ3) is 4.27. The van der Waals surface area contributed by atoms with Gasteiger partial charge in [-0.15, -0.1) is 0 Å². The topological polar surface area (TPSA) is 62.5 Å². The quantitative estimate of drug-likeness (QED) is 0.449. The van der Waals surface area contributed by atoms with Crippen LogP contribution in [-0.4, -0.2) is 51.6 Å². The number of likely N-dealkylation sites (tertiary alicyclic amines) is 1. The third-order valence-electron chi connectivity index (χ3n) is 5.99. The summed E-state index contributed by atoms with van der Waals surface area (Å²) in [6.45, 7) is 4.03. The van der Waals surface area contributed by atoms with Gasteiger partial charge in [0, 0.05) is 17.7 Å². The molecule has 0 atom stereocenters. The number of amides is 1. The summed E-state index contributed by atoms with van der Waals surface area (Å²) in [5.74, 6) is -0.127. The number of benzene rings is 2. The van der Waals surface area contributed by atoms with E-state index in [1.165, 1.54) is 25.9 Å². The molecular formula is C26H27N5O. The molecule has 32 heavy (non-hydrogen) atoms. The number of aromatic nitrogens is 3. The van der Waals surface area contributed by atoms with E-state index < -0.39 is 0 Å². The van der Waals surface area contributed by atoms with Crippen molar-refractivity contribution < 1.29 is 4.79 Å². The third-order valence-corrected chi connectivity index (χ3v) is 5.99. The number of carbonyl (C=O) groups is 1. The molecule has 0 aliphatic carbocycles. The molecular weight excluding hydrogens is 398 g/mol. The maximum atomic E-state index is 13.0. The molecule has 0 bridgehead atoms. The van der Waals surface area contributed by atoms with Crippen molar-refractivity contribution in [1.82, 2.24) is 24.8 Å². The number of hydrogen-bond acceptors (Lipinski definition) is 4. The zero-order chi connectivity index (χ0) is 21.8. The van der Waals surface area contributed by atoms with Crippen molar-refractivity contribution in [2.24, 2.45) is 0 Å². The smallest absolute Gasteiger partial charge is 0.256 e. The Hall–Kier alpha value is -3.51. The lowest BCUT2D eigenvalue weighted by atomic mass is 10.1. The Bertz CT molecular complexity index is 1200. The Kier molecular flexibility index (Phi) is 5.94. The number of carbonyl (C=O) groups excluding carboxylic acids is 1. The van der Waals surface area contributed by atoms with E-state index in [0.717, 1.165) is 35.5 Å². The fraction of sp³-hybridized carbons (Fsp3) is 0.269. The normalized spacial score (nSPS) is 14.1. The molecule has 6 heteroatoms. The lowest BCUT2D eigenvalue weighted by Gasteiger charge is -2.14. The molecule has 4 aromatic rings. The first-order chi connectivity index (χ1) is 15.8. The van der Waals surface area contributed by atoms with Crippen molar-refractivity contribution >= 4 is 11.6 Å². The molecule has 0 saturated carbocycles. The van der Waals surface area contributed by atoms with E-state index in [1.807, 2.05) is 66.7 Å². The summed E-state index contributed by atoms with van der Waals surface area (Å²) >= 11 is 0. The highest BCUT2D eigenvalue weighted by atomic mass is 16.1. The molecule has 1 N–H and O–H groups in total. The highest BCUT2D eigenvalue weighted by Crippen LogP contribution is 2.27. The molecule has 1 aliphatic rings. The second-order valence-electron chi connectivity index (χ2n) is 8.21. The number of rotatable bonds is 7. The Balaban J connectivity index is 1.45. The van der Waals surface area contributed by atoms with Gasteiger partial charge in [-0.3, -0.25) is 4.79 Å². The molecule has 1 aliphatic heterocycles. The van der Waals surface area contributed by atoms with Crippen molar-refractivity contribution in [2.45, 2.75) is 19.3 Å². The van der Waals surface area contributed by atoms with Gasteiger partial charge in [0.2, 0.25) is 0 Å². The van der Waals surface area contributed by atoms with Crippen molar-refractivity contribution in [3.63, 3.8) is 0 Å². The van der Waals surface area contributed by atoms with Gasteiger partial charge in [-0.25, -0.2) is 9.50 Å². The minimum Gasteiger partial charge on any atom is -0.352 e. The van der Waals surface area contributed by atoms with Gasteiger partial charge in [-0.1, -0.05) is 60.7 Å². The van der Waals surface area contributed by atoms with Crippen LogP contribution in [0.25, 0.3) is 28.2 Å². The van der Waals surface area contributed by atoms with Crippen LogP contribution in [-0.2, 0) is 0 Å². The highest BCUT2D eigenvalue weighted by molar-refractivity contribution is 6.00. The summed E-state index contributed by atoms with van der Waals surface area (Å²) in [5.41, 5.74) is 4.83. The van der Waals surface area contributed by atoms with Gasteiger partial charge in [0.25, 0.3) is 5.91 Å². The van der Waals surface area contributed by atoms with Crippen molar-refractivity contribution in [2.75, 3.05) is 26.2 Å². The number of hydrogen-bond donors (Lipinski definition) is 1. The van der Waals surface area contributed by atoms with Crippen LogP contribution in [0.4, 0.5) is 0 Å². The van der Waals surface area contributed by atoms with E-state index in [-0.39, 0.29) is 5.91 Å². The van der Waals surface area contributed by atoms with Crippen LogP contribution in [0.1, 0.15) is 29.6 Å². The van der Waals surface area contributed by atoms with Gasteiger partial charge in [0.15, 0.2) is 5.65 Å². The van der Waals surface area contributed by atoms with E-state index in [4.69, 9.17) is 4.98 Å². The van der Waals surface area contributed by atoms with Gasteiger partial charge in [0.1, 0.15) is 5.56 Å². The maximum Gasteiger partial charge on any atom is 0.256 e. The van der Waals surface area contributed by atoms with Crippen LogP contribution in [0.5, 0.6) is 0 Å². The first-order valence-electron chi connectivity index (χ1n) is 11.3. The summed E-state index contributed by atoms with van der Waals surface area (Å²) < 4.78 is 1.76. The van der Waals surface area contributed by atoms with Crippen molar-refractivity contribution in [1.29, 1.82) is 0 Å². The molecule has 2 aromatic heterocycles. The van der Waals surface area contributed by atoms with Crippen LogP contribution < -0.4 is 5.32 Å². The fourth-order valence-electron chi connectivity index (χ4n) is 4.30. The summed E-state index contributed by atoms with van der Waals surface area (Å²) in [5, 5.41) is 7.59. The molecule has 1 saturated heterocycles. The summed E-state index contributed by atoms with van der Waals surface area (Å²) in [6.07, 6.45) is 5.14. The monoisotopic (exact) mass is 425 g/mol. The molecule has 3 heterocycles. The average molecular weight is 426 g/mol. The predicted octanol–water partition coefficient (Wildman–Crippen LogP) is 4.28. The summed E-state index contributed by atoms with van der Waals surface area (Å²) in [7, 11) is 0. The molecule has 6 nitrogen and oxygen atoms in total. The molecule has 1 fully saturated rings. The molecule has 0 spiro atoms. The second kappa shape index (κ2) is 9.32. The van der Waals surface area contributed by atoms with E-state index in [1.54, 1.807) is 10.7 Å². The Morgan fingerprint density at radius 2 is 1.62 bits per heavy atom. The Labute approximate surface area is 187 Å². The first kappa shape index (κ1) is 20.4. The van der Waals surface area contributed by atoms with Crippen LogP contribution in [0.15, 0.2) is 72.9 Å². The Morgan fingerprint density at radius 3 is 2.34 bits per heavy atom. The van der Waals surface area contributed by atoms with Crippen LogP contribution in [0.2, 0.25) is 0 Å². The minimum absolute atomic E-state index is 0.127. The zero-order valence-corrected chi connectivity index (χ0v) is 18.1.